The van der Waals surface area contributed by atoms with Gasteiger partial charge in [-0.25, -0.2) is 0 Å². The molecule has 0 aliphatic carbocycles. The molecule has 3 rings (SSSR count). The van der Waals surface area contributed by atoms with Crippen LogP contribution in [0.4, 0.5) is 0 Å². The summed E-state index contributed by atoms with van der Waals surface area (Å²) in [5.74, 6) is 1.95. The Kier molecular flexibility index (Phi) is 3.03. The second-order valence-corrected chi connectivity index (χ2v) is 5.17. The summed E-state index contributed by atoms with van der Waals surface area (Å²) in [6.07, 6.45) is 0.933. The molecule has 0 bridgehead atoms. The Balaban J connectivity index is 2.05. The van der Waals surface area contributed by atoms with Gasteiger partial charge in [0, 0.05) is 31.5 Å². The van der Waals surface area contributed by atoms with Crippen LogP contribution in [0.1, 0.15) is 24.5 Å². The van der Waals surface area contributed by atoms with Crippen molar-refractivity contribution in [1.82, 2.24) is 5.32 Å². The van der Waals surface area contributed by atoms with Gasteiger partial charge in [-0.3, -0.25) is 0 Å². The number of hydrogen-bond donors (Lipinski definition) is 2. The lowest BCUT2D eigenvalue weighted by molar-refractivity contribution is -0.00185. The number of rotatable bonds is 2. The third-order valence-corrected chi connectivity index (χ3v) is 3.96. The van der Waals surface area contributed by atoms with E-state index in [1.807, 2.05) is 6.07 Å². The zero-order valence-electron chi connectivity index (χ0n) is 11.2. The van der Waals surface area contributed by atoms with E-state index < -0.39 is 6.10 Å². The molecule has 5 nitrogen and oxygen atoms in total. The third-order valence-electron chi connectivity index (χ3n) is 3.96. The fourth-order valence-electron chi connectivity index (χ4n) is 2.99. The van der Waals surface area contributed by atoms with Crippen molar-refractivity contribution in [2.45, 2.75) is 24.5 Å². The van der Waals surface area contributed by atoms with E-state index in [1.54, 1.807) is 20.3 Å². The minimum absolute atomic E-state index is 0.302. The van der Waals surface area contributed by atoms with Gasteiger partial charge in [0.25, 0.3) is 0 Å². The lowest BCUT2D eigenvalue weighted by Crippen LogP contribution is -2.43. The Hall–Kier alpha value is -1.46. The van der Waals surface area contributed by atoms with Gasteiger partial charge in [-0.2, -0.15) is 0 Å². The van der Waals surface area contributed by atoms with Crippen LogP contribution in [0.25, 0.3) is 0 Å². The summed E-state index contributed by atoms with van der Waals surface area (Å²) in [5, 5.41) is 13.7. The van der Waals surface area contributed by atoms with Gasteiger partial charge in [-0.1, -0.05) is 0 Å². The average molecular weight is 265 g/mol. The first-order valence-corrected chi connectivity index (χ1v) is 6.51. The van der Waals surface area contributed by atoms with Crippen molar-refractivity contribution in [2.75, 3.05) is 27.3 Å². The Morgan fingerprint density at radius 2 is 2.21 bits per heavy atom. The van der Waals surface area contributed by atoms with E-state index in [0.717, 1.165) is 25.1 Å². The smallest absolute Gasteiger partial charge is 0.133 e. The Morgan fingerprint density at radius 3 is 2.84 bits per heavy atom. The maximum Gasteiger partial charge on any atom is 0.133 e. The Bertz CT molecular complexity index is 483. The Labute approximate surface area is 112 Å². The fraction of sp³-hybridized carbons (Fsp3) is 0.571. The van der Waals surface area contributed by atoms with Gasteiger partial charge in [0.2, 0.25) is 0 Å². The molecule has 2 N–H and O–H groups in total. The Morgan fingerprint density at radius 1 is 1.37 bits per heavy atom. The van der Waals surface area contributed by atoms with Gasteiger partial charge < -0.3 is 24.6 Å². The van der Waals surface area contributed by atoms with E-state index in [2.05, 4.69) is 5.32 Å². The molecule has 0 radical (unpaired) electrons. The monoisotopic (exact) mass is 265 g/mol. The van der Waals surface area contributed by atoms with Gasteiger partial charge >= 0.3 is 0 Å². The summed E-state index contributed by atoms with van der Waals surface area (Å²) in [5.41, 5.74) is 0.421. The highest BCUT2D eigenvalue weighted by molar-refractivity contribution is 5.53. The highest BCUT2D eigenvalue weighted by atomic mass is 16.5. The highest BCUT2D eigenvalue weighted by Gasteiger charge is 2.44. The summed E-state index contributed by atoms with van der Waals surface area (Å²) < 4.78 is 16.7. The van der Waals surface area contributed by atoms with Crippen molar-refractivity contribution < 1.29 is 19.3 Å². The molecule has 2 heterocycles. The van der Waals surface area contributed by atoms with Crippen LogP contribution in [-0.4, -0.2) is 38.0 Å². The lowest BCUT2D eigenvalue weighted by atomic mass is 9.87. The zero-order valence-corrected chi connectivity index (χ0v) is 11.2. The molecule has 2 aliphatic heterocycles. The molecular formula is C14H19NO4. The molecule has 5 heteroatoms. The molecule has 1 saturated heterocycles. The summed E-state index contributed by atoms with van der Waals surface area (Å²) in [6, 6.07) is 3.59. The minimum Gasteiger partial charge on any atom is -0.496 e. The molecule has 1 fully saturated rings. The van der Waals surface area contributed by atoms with Gasteiger partial charge in [-0.15, -0.1) is 0 Å². The fourth-order valence-corrected chi connectivity index (χ4v) is 2.99. The second kappa shape index (κ2) is 4.58. The number of aliphatic hydroxyl groups is 1. The van der Waals surface area contributed by atoms with E-state index in [9.17, 15) is 5.11 Å². The first kappa shape index (κ1) is 12.6. The summed E-state index contributed by atoms with van der Waals surface area (Å²) in [4.78, 5) is 0. The SMILES string of the molecule is COc1cc(OC)c2c(c1)OC1(CCNC1)CC2O. The number of benzene rings is 1. The number of ether oxygens (including phenoxy) is 3. The number of aliphatic hydroxyl groups excluding tert-OH is 1. The second-order valence-electron chi connectivity index (χ2n) is 5.17. The van der Waals surface area contributed by atoms with Crippen LogP contribution in [0.3, 0.4) is 0 Å². The molecule has 0 saturated carbocycles. The summed E-state index contributed by atoms with van der Waals surface area (Å²) >= 11 is 0. The van der Waals surface area contributed by atoms with Crippen LogP contribution in [0.2, 0.25) is 0 Å². The largest absolute Gasteiger partial charge is 0.496 e. The van der Waals surface area contributed by atoms with Crippen LogP contribution < -0.4 is 19.5 Å². The first-order chi connectivity index (χ1) is 9.17. The molecule has 2 atom stereocenters. The molecule has 0 aromatic heterocycles. The maximum atomic E-state index is 10.4. The van der Waals surface area contributed by atoms with Crippen molar-refractivity contribution in [3.05, 3.63) is 17.7 Å². The topological polar surface area (TPSA) is 60.0 Å². The third kappa shape index (κ3) is 2.03. The normalized spacial score (nSPS) is 28.9. The standard InChI is InChI=1S/C14H19NO4/c1-17-9-5-11(18-2)13-10(16)7-14(3-4-15-8-14)19-12(13)6-9/h5-6,10,15-16H,3-4,7-8H2,1-2H3. The van der Waals surface area contributed by atoms with Gasteiger partial charge in [0.05, 0.1) is 25.9 Å². The predicted molar refractivity (Wildman–Crippen MR) is 70.0 cm³/mol. The highest BCUT2D eigenvalue weighted by Crippen LogP contribution is 2.47. The van der Waals surface area contributed by atoms with Crippen LogP contribution in [-0.2, 0) is 0 Å². The van der Waals surface area contributed by atoms with Crippen LogP contribution >= 0.6 is 0 Å². The van der Waals surface area contributed by atoms with Crippen molar-refractivity contribution in [3.63, 3.8) is 0 Å². The van der Waals surface area contributed by atoms with Crippen LogP contribution in [0.5, 0.6) is 17.2 Å². The lowest BCUT2D eigenvalue weighted by Gasteiger charge is -2.38. The molecule has 1 spiro atoms. The van der Waals surface area contributed by atoms with Crippen molar-refractivity contribution in [2.24, 2.45) is 0 Å². The van der Waals surface area contributed by atoms with Crippen molar-refractivity contribution in [3.8, 4) is 17.2 Å². The number of methoxy groups -OCH3 is 2. The quantitative estimate of drug-likeness (QED) is 0.843. The summed E-state index contributed by atoms with van der Waals surface area (Å²) in [7, 11) is 3.19. The molecule has 19 heavy (non-hydrogen) atoms. The number of hydrogen-bond acceptors (Lipinski definition) is 5. The van der Waals surface area contributed by atoms with Crippen LogP contribution in [0, 0.1) is 0 Å². The molecule has 104 valence electrons. The van der Waals surface area contributed by atoms with E-state index in [-0.39, 0.29) is 5.60 Å². The minimum atomic E-state index is -0.565. The van der Waals surface area contributed by atoms with Crippen molar-refractivity contribution >= 4 is 0 Å². The molecule has 2 aliphatic rings. The van der Waals surface area contributed by atoms with E-state index >= 15 is 0 Å². The van der Waals surface area contributed by atoms with Gasteiger partial charge in [0.15, 0.2) is 0 Å². The van der Waals surface area contributed by atoms with Gasteiger partial charge in [-0.05, 0) is 6.54 Å². The molecule has 0 amide bonds. The van der Waals surface area contributed by atoms with Crippen LogP contribution in [0.15, 0.2) is 12.1 Å². The molecule has 2 unspecified atom stereocenters. The summed E-state index contributed by atoms with van der Waals surface area (Å²) in [6.45, 7) is 1.69. The van der Waals surface area contributed by atoms with E-state index in [4.69, 9.17) is 14.2 Å². The van der Waals surface area contributed by atoms with E-state index in [1.165, 1.54) is 0 Å². The molecular weight excluding hydrogens is 246 g/mol. The number of nitrogens with one attached hydrogen (secondary N) is 1. The number of fused-ring (bicyclic) bond motifs is 1. The average Bonchev–Trinajstić information content (AvgIpc) is 2.84. The van der Waals surface area contributed by atoms with Crippen molar-refractivity contribution in [1.29, 1.82) is 0 Å². The first-order valence-electron chi connectivity index (χ1n) is 6.51. The zero-order chi connectivity index (χ0) is 13.5. The predicted octanol–water partition coefficient (Wildman–Crippen LogP) is 1.25. The van der Waals surface area contributed by atoms with Gasteiger partial charge in [0.1, 0.15) is 22.8 Å². The molecule has 1 aromatic rings. The van der Waals surface area contributed by atoms with E-state index in [0.29, 0.717) is 23.7 Å². The maximum absolute atomic E-state index is 10.4. The molecule has 1 aromatic carbocycles.